The van der Waals surface area contributed by atoms with Crippen LogP contribution in [0.4, 0.5) is 0 Å². The van der Waals surface area contributed by atoms with Crippen LogP contribution in [-0.4, -0.2) is 96.5 Å². The minimum Gasteiger partial charge on any atom is -0.339 e. The van der Waals surface area contributed by atoms with Crippen molar-refractivity contribution in [2.45, 2.75) is 58.5 Å². The van der Waals surface area contributed by atoms with Crippen molar-refractivity contribution in [2.75, 3.05) is 58.9 Å². The Morgan fingerprint density at radius 2 is 1.48 bits per heavy atom. The summed E-state index contributed by atoms with van der Waals surface area (Å²) >= 11 is 0. The van der Waals surface area contributed by atoms with E-state index in [4.69, 9.17) is 0 Å². The SMILES string of the molecule is CC1CCN(C2CCN(CC(=O)N3CCN(C(C)C)CC3)CC2)CC1. The Kier molecular flexibility index (Phi) is 6.75. The maximum Gasteiger partial charge on any atom is 0.236 e. The van der Waals surface area contributed by atoms with Crippen molar-refractivity contribution in [3.8, 4) is 0 Å². The van der Waals surface area contributed by atoms with Crippen LogP contribution in [0.5, 0.6) is 0 Å². The van der Waals surface area contributed by atoms with Gasteiger partial charge in [0.15, 0.2) is 0 Å². The van der Waals surface area contributed by atoms with Crippen LogP contribution < -0.4 is 0 Å². The fourth-order valence-corrected chi connectivity index (χ4v) is 4.62. The fraction of sp³-hybridized carbons (Fsp3) is 0.950. The maximum atomic E-state index is 12.6. The molecule has 3 heterocycles. The summed E-state index contributed by atoms with van der Waals surface area (Å²) in [5.41, 5.74) is 0. The smallest absolute Gasteiger partial charge is 0.236 e. The second kappa shape index (κ2) is 8.83. The molecule has 5 heteroatoms. The molecule has 0 N–H and O–H groups in total. The lowest BCUT2D eigenvalue weighted by Gasteiger charge is -2.42. The number of piperazine rings is 1. The van der Waals surface area contributed by atoms with Gasteiger partial charge in [0.1, 0.15) is 0 Å². The number of piperidine rings is 2. The van der Waals surface area contributed by atoms with Crippen LogP contribution in [0.3, 0.4) is 0 Å². The first-order valence-corrected chi connectivity index (χ1v) is 10.5. The van der Waals surface area contributed by atoms with E-state index in [9.17, 15) is 4.79 Å². The van der Waals surface area contributed by atoms with Gasteiger partial charge in [-0.15, -0.1) is 0 Å². The number of carbonyl (C=O) groups excluding carboxylic acids is 1. The van der Waals surface area contributed by atoms with E-state index in [-0.39, 0.29) is 0 Å². The monoisotopic (exact) mass is 350 g/mol. The predicted octanol–water partition coefficient (Wildman–Crippen LogP) is 1.74. The number of hydrogen-bond acceptors (Lipinski definition) is 4. The van der Waals surface area contributed by atoms with Crippen molar-refractivity contribution in [1.29, 1.82) is 0 Å². The molecule has 0 aliphatic carbocycles. The van der Waals surface area contributed by atoms with Crippen LogP contribution in [0.15, 0.2) is 0 Å². The molecule has 25 heavy (non-hydrogen) atoms. The Morgan fingerprint density at radius 1 is 0.880 bits per heavy atom. The molecule has 3 aliphatic rings. The third kappa shape index (κ3) is 5.18. The second-order valence-corrected chi connectivity index (χ2v) is 8.74. The summed E-state index contributed by atoms with van der Waals surface area (Å²) in [5.74, 6) is 1.25. The van der Waals surface area contributed by atoms with Crippen LogP contribution in [0.2, 0.25) is 0 Å². The van der Waals surface area contributed by atoms with E-state index in [1.165, 1.54) is 38.8 Å². The minimum absolute atomic E-state index is 0.341. The molecular formula is C20H38N4O. The zero-order valence-corrected chi connectivity index (χ0v) is 16.6. The van der Waals surface area contributed by atoms with Crippen molar-refractivity contribution in [1.82, 2.24) is 19.6 Å². The average molecular weight is 351 g/mol. The number of hydrogen-bond donors (Lipinski definition) is 0. The summed E-state index contributed by atoms with van der Waals surface area (Å²) in [6.45, 7) is 16.1. The quantitative estimate of drug-likeness (QED) is 0.772. The van der Waals surface area contributed by atoms with Gasteiger partial charge in [-0.1, -0.05) is 6.92 Å². The zero-order chi connectivity index (χ0) is 17.8. The molecule has 0 unspecified atom stereocenters. The summed E-state index contributed by atoms with van der Waals surface area (Å²) < 4.78 is 0. The number of rotatable bonds is 4. The Morgan fingerprint density at radius 3 is 2.04 bits per heavy atom. The molecule has 0 saturated carbocycles. The standard InChI is InChI=1S/C20H38N4O/c1-17(2)22-12-14-24(15-13-22)20(25)16-21-8-6-19(7-9-21)23-10-4-18(3)5-11-23/h17-19H,4-16H2,1-3H3. The number of likely N-dealkylation sites (tertiary alicyclic amines) is 2. The van der Waals surface area contributed by atoms with Crippen LogP contribution >= 0.6 is 0 Å². The summed E-state index contributed by atoms with van der Waals surface area (Å²) in [5, 5.41) is 0. The first kappa shape index (κ1) is 19.1. The van der Waals surface area contributed by atoms with Gasteiger partial charge in [0.2, 0.25) is 5.91 Å². The van der Waals surface area contributed by atoms with E-state index in [0.29, 0.717) is 18.5 Å². The van der Waals surface area contributed by atoms with Crippen LogP contribution in [0.25, 0.3) is 0 Å². The normalized spacial score (nSPS) is 26.5. The van der Waals surface area contributed by atoms with Gasteiger partial charge < -0.3 is 9.80 Å². The Bertz CT molecular complexity index is 417. The van der Waals surface area contributed by atoms with Gasteiger partial charge >= 0.3 is 0 Å². The molecule has 0 aromatic carbocycles. The average Bonchev–Trinajstić information content (AvgIpc) is 2.63. The second-order valence-electron chi connectivity index (χ2n) is 8.74. The third-order valence-corrected chi connectivity index (χ3v) is 6.65. The lowest BCUT2D eigenvalue weighted by molar-refractivity contribution is -0.134. The van der Waals surface area contributed by atoms with E-state index < -0.39 is 0 Å². The lowest BCUT2D eigenvalue weighted by atomic mass is 9.95. The van der Waals surface area contributed by atoms with Crippen LogP contribution in [0, 0.1) is 5.92 Å². The van der Waals surface area contributed by atoms with Crippen molar-refractivity contribution < 1.29 is 4.79 Å². The Balaban J connectivity index is 1.37. The Labute approximate surface area is 154 Å². The number of nitrogens with zero attached hydrogens (tertiary/aromatic N) is 4. The van der Waals surface area contributed by atoms with Crippen LogP contribution in [0.1, 0.15) is 46.5 Å². The van der Waals surface area contributed by atoms with Crippen molar-refractivity contribution in [2.24, 2.45) is 5.92 Å². The van der Waals surface area contributed by atoms with Gasteiger partial charge in [0.05, 0.1) is 6.54 Å². The van der Waals surface area contributed by atoms with Crippen molar-refractivity contribution in [3.05, 3.63) is 0 Å². The van der Waals surface area contributed by atoms with Crippen molar-refractivity contribution in [3.63, 3.8) is 0 Å². The van der Waals surface area contributed by atoms with Gasteiger partial charge in [0, 0.05) is 51.4 Å². The largest absolute Gasteiger partial charge is 0.339 e. The maximum absolute atomic E-state index is 12.6. The van der Waals surface area contributed by atoms with Gasteiger partial charge in [-0.25, -0.2) is 0 Å². The Hall–Kier alpha value is -0.650. The predicted molar refractivity (Wildman–Crippen MR) is 103 cm³/mol. The first-order chi connectivity index (χ1) is 12.0. The highest BCUT2D eigenvalue weighted by atomic mass is 16.2. The highest BCUT2D eigenvalue weighted by molar-refractivity contribution is 5.78. The van der Waals surface area contributed by atoms with E-state index in [2.05, 4.69) is 40.4 Å². The lowest BCUT2D eigenvalue weighted by Crippen LogP contribution is -2.54. The van der Waals surface area contributed by atoms with E-state index in [1.54, 1.807) is 0 Å². The molecule has 0 aromatic rings. The molecule has 0 atom stereocenters. The van der Waals surface area contributed by atoms with Crippen molar-refractivity contribution >= 4 is 5.91 Å². The highest BCUT2D eigenvalue weighted by Crippen LogP contribution is 2.23. The molecule has 5 nitrogen and oxygen atoms in total. The molecule has 3 saturated heterocycles. The number of amides is 1. The van der Waals surface area contributed by atoms with E-state index >= 15 is 0 Å². The highest BCUT2D eigenvalue weighted by Gasteiger charge is 2.29. The molecule has 0 radical (unpaired) electrons. The van der Waals surface area contributed by atoms with Gasteiger partial charge in [-0.05, 0) is 58.5 Å². The van der Waals surface area contributed by atoms with Gasteiger partial charge in [0.25, 0.3) is 0 Å². The summed E-state index contributed by atoms with van der Waals surface area (Å²) in [6.07, 6.45) is 5.20. The molecule has 1 amide bonds. The first-order valence-electron chi connectivity index (χ1n) is 10.5. The third-order valence-electron chi connectivity index (χ3n) is 6.65. The molecule has 0 bridgehead atoms. The molecule has 3 aliphatic heterocycles. The molecule has 144 valence electrons. The van der Waals surface area contributed by atoms with E-state index in [1.807, 2.05) is 0 Å². The minimum atomic E-state index is 0.341. The molecule has 0 aromatic heterocycles. The molecular weight excluding hydrogens is 312 g/mol. The molecule has 0 spiro atoms. The van der Waals surface area contributed by atoms with Crippen LogP contribution in [-0.2, 0) is 4.79 Å². The van der Waals surface area contributed by atoms with Gasteiger partial charge in [-0.2, -0.15) is 0 Å². The fourth-order valence-electron chi connectivity index (χ4n) is 4.62. The van der Waals surface area contributed by atoms with Gasteiger partial charge in [-0.3, -0.25) is 14.6 Å². The zero-order valence-electron chi connectivity index (χ0n) is 16.6. The topological polar surface area (TPSA) is 30.0 Å². The molecule has 3 fully saturated rings. The number of carbonyl (C=O) groups is 1. The summed E-state index contributed by atoms with van der Waals surface area (Å²) in [7, 11) is 0. The summed E-state index contributed by atoms with van der Waals surface area (Å²) in [6, 6.07) is 1.35. The summed E-state index contributed by atoms with van der Waals surface area (Å²) in [4.78, 5) is 22.3. The molecule has 3 rings (SSSR count). The van der Waals surface area contributed by atoms with E-state index in [0.717, 1.165) is 51.2 Å².